The van der Waals surface area contributed by atoms with E-state index in [-0.39, 0.29) is 4.90 Å². The number of anilines is 1. The third kappa shape index (κ3) is 2.99. The van der Waals surface area contributed by atoms with Crippen molar-refractivity contribution in [2.24, 2.45) is 0 Å². The lowest BCUT2D eigenvalue weighted by atomic mass is 10.2. The fourth-order valence-corrected chi connectivity index (χ4v) is 3.00. The van der Waals surface area contributed by atoms with Gasteiger partial charge in [-0.25, -0.2) is 8.42 Å². The van der Waals surface area contributed by atoms with E-state index in [4.69, 9.17) is 0 Å². The van der Waals surface area contributed by atoms with Gasteiger partial charge in [0.25, 0.3) is 10.0 Å². The lowest BCUT2D eigenvalue weighted by Gasteiger charge is -2.09. The van der Waals surface area contributed by atoms with Crippen molar-refractivity contribution < 1.29 is 8.42 Å². The van der Waals surface area contributed by atoms with Crippen molar-refractivity contribution in [1.29, 1.82) is 0 Å². The predicted molar refractivity (Wildman–Crippen MR) is 83.3 cm³/mol. The van der Waals surface area contributed by atoms with E-state index < -0.39 is 10.0 Å². The van der Waals surface area contributed by atoms with Crippen LogP contribution in [0.1, 0.15) is 5.56 Å². The SMILES string of the molecule is Cc1ccc(S(=O)(=O)Nc2ccc(-n3nccn3)cc2)cc1. The number of hydrogen-bond donors (Lipinski definition) is 1. The van der Waals surface area contributed by atoms with Crippen molar-refractivity contribution in [3.05, 3.63) is 66.5 Å². The summed E-state index contributed by atoms with van der Waals surface area (Å²) in [5.41, 5.74) is 2.25. The van der Waals surface area contributed by atoms with Gasteiger partial charge >= 0.3 is 0 Å². The Morgan fingerprint density at radius 2 is 1.50 bits per heavy atom. The second kappa shape index (κ2) is 5.61. The molecule has 0 amide bonds. The lowest BCUT2D eigenvalue weighted by molar-refractivity contribution is 0.601. The fourth-order valence-electron chi connectivity index (χ4n) is 1.94. The molecule has 0 spiro atoms. The highest BCUT2D eigenvalue weighted by Crippen LogP contribution is 2.17. The van der Waals surface area contributed by atoms with Gasteiger partial charge in [-0.2, -0.15) is 15.0 Å². The predicted octanol–water partition coefficient (Wildman–Crippen LogP) is 2.38. The molecule has 6 nitrogen and oxygen atoms in total. The quantitative estimate of drug-likeness (QED) is 0.802. The van der Waals surface area contributed by atoms with Crippen LogP contribution in [0.5, 0.6) is 0 Å². The number of aromatic nitrogens is 3. The molecule has 0 aliphatic rings. The summed E-state index contributed by atoms with van der Waals surface area (Å²) >= 11 is 0. The minimum absolute atomic E-state index is 0.232. The number of aryl methyl sites for hydroxylation is 1. The van der Waals surface area contributed by atoms with Crippen molar-refractivity contribution in [2.45, 2.75) is 11.8 Å². The van der Waals surface area contributed by atoms with Crippen molar-refractivity contribution >= 4 is 15.7 Å². The normalized spacial score (nSPS) is 11.3. The fraction of sp³-hybridized carbons (Fsp3) is 0.0667. The maximum atomic E-state index is 12.3. The summed E-state index contributed by atoms with van der Waals surface area (Å²) in [6.07, 6.45) is 3.15. The molecule has 0 bridgehead atoms. The van der Waals surface area contributed by atoms with E-state index in [0.29, 0.717) is 5.69 Å². The van der Waals surface area contributed by atoms with Crippen LogP contribution in [0.25, 0.3) is 5.69 Å². The maximum Gasteiger partial charge on any atom is 0.261 e. The second-order valence-electron chi connectivity index (χ2n) is 4.78. The Labute approximate surface area is 128 Å². The van der Waals surface area contributed by atoms with E-state index in [1.165, 1.54) is 4.80 Å². The average molecular weight is 314 g/mol. The van der Waals surface area contributed by atoms with Gasteiger partial charge in [-0.15, -0.1) is 0 Å². The first-order valence-corrected chi connectivity index (χ1v) is 8.09. The van der Waals surface area contributed by atoms with Crippen LogP contribution < -0.4 is 4.72 Å². The molecule has 0 radical (unpaired) electrons. The Morgan fingerprint density at radius 3 is 2.09 bits per heavy atom. The summed E-state index contributed by atoms with van der Waals surface area (Å²) in [5, 5.41) is 8.03. The number of nitrogens with zero attached hydrogens (tertiary/aromatic N) is 3. The minimum Gasteiger partial charge on any atom is -0.280 e. The van der Waals surface area contributed by atoms with Gasteiger partial charge in [0.2, 0.25) is 0 Å². The zero-order valence-electron chi connectivity index (χ0n) is 11.8. The summed E-state index contributed by atoms with van der Waals surface area (Å²) in [6, 6.07) is 13.5. The van der Waals surface area contributed by atoms with E-state index in [2.05, 4.69) is 14.9 Å². The molecule has 1 N–H and O–H groups in total. The second-order valence-corrected chi connectivity index (χ2v) is 6.47. The Balaban J connectivity index is 1.82. The molecule has 1 heterocycles. The molecule has 3 aromatic rings. The average Bonchev–Trinajstić information content (AvgIpc) is 3.02. The van der Waals surface area contributed by atoms with Crippen LogP contribution in [0.2, 0.25) is 0 Å². The highest BCUT2D eigenvalue weighted by Gasteiger charge is 2.13. The third-order valence-corrected chi connectivity index (χ3v) is 4.50. The molecule has 22 heavy (non-hydrogen) atoms. The molecule has 2 aromatic carbocycles. The van der Waals surface area contributed by atoms with Crippen molar-refractivity contribution in [3.63, 3.8) is 0 Å². The zero-order chi connectivity index (χ0) is 15.6. The Morgan fingerprint density at radius 1 is 0.909 bits per heavy atom. The molecule has 7 heteroatoms. The standard InChI is InChI=1S/C15H14N4O2S/c1-12-2-8-15(9-3-12)22(20,21)18-13-4-6-14(7-5-13)19-16-10-11-17-19/h2-11,18H,1H3. The molecule has 0 saturated carbocycles. The highest BCUT2D eigenvalue weighted by atomic mass is 32.2. The van der Waals surface area contributed by atoms with Crippen molar-refractivity contribution in [1.82, 2.24) is 15.0 Å². The molecular weight excluding hydrogens is 300 g/mol. The zero-order valence-corrected chi connectivity index (χ0v) is 12.7. The molecule has 0 fully saturated rings. The van der Waals surface area contributed by atoms with Gasteiger partial charge in [0, 0.05) is 5.69 Å². The first-order chi connectivity index (χ1) is 10.5. The topological polar surface area (TPSA) is 76.9 Å². The molecule has 0 unspecified atom stereocenters. The molecule has 0 atom stereocenters. The number of nitrogens with one attached hydrogen (secondary N) is 1. The van der Waals surface area contributed by atoms with Gasteiger partial charge in [-0.05, 0) is 43.3 Å². The molecule has 1 aromatic heterocycles. The number of benzene rings is 2. The molecule has 0 aliphatic carbocycles. The first-order valence-electron chi connectivity index (χ1n) is 6.61. The Bertz CT molecular complexity index is 855. The summed E-state index contributed by atoms with van der Waals surface area (Å²) in [4.78, 5) is 1.69. The van der Waals surface area contributed by atoms with Crippen LogP contribution in [0.3, 0.4) is 0 Å². The van der Waals surface area contributed by atoms with E-state index in [1.807, 2.05) is 6.92 Å². The van der Waals surface area contributed by atoms with Crippen LogP contribution in [-0.2, 0) is 10.0 Å². The summed E-state index contributed by atoms with van der Waals surface area (Å²) in [6.45, 7) is 1.91. The smallest absolute Gasteiger partial charge is 0.261 e. The van der Waals surface area contributed by atoms with Crippen LogP contribution in [-0.4, -0.2) is 23.4 Å². The van der Waals surface area contributed by atoms with Gasteiger partial charge in [-0.1, -0.05) is 17.7 Å². The molecule has 3 rings (SSSR count). The van der Waals surface area contributed by atoms with Gasteiger partial charge in [-0.3, -0.25) is 4.72 Å². The van der Waals surface area contributed by atoms with Crippen LogP contribution in [0, 0.1) is 6.92 Å². The van der Waals surface area contributed by atoms with Crippen LogP contribution in [0.4, 0.5) is 5.69 Å². The molecule has 112 valence electrons. The third-order valence-electron chi connectivity index (χ3n) is 3.10. The highest BCUT2D eigenvalue weighted by molar-refractivity contribution is 7.92. The summed E-state index contributed by atoms with van der Waals surface area (Å²) < 4.78 is 27.1. The summed E-state index contributed by atoms with van der Waals surface area (Å²) in [5.74, 6) is 0. The van der Waals surface area contributed by atoms with Crippen molar-refractivity contribution in [2.75, 3.05) is 4.72 Å². The van der Waals surface area contributed by atoms with Gasteiger partial charge in [0.1, 0.15) is 0 Å². The van der Waals surface area contributed by atoms with E-state index in [1.54, 1.807) is 60.9 Å². The Hall–Kier alpha value is -2.67. The van der Waals surface area contributed by atoms with Crippen molar-refractivity contribution in [3.8, 4) is 5.69 Å². The first kappa shape index (κ1) is 14.3. The summed E-state index contributed by atoms with van der Waals surface area (Å²) in [7, 11) is -3.58. The molecule has 0 saturated heterocycles. The minimum atomic E-state index is -3.58. The van der Waals surface area contributed by atoms with Gasteiger partial charge in [0.15, 0.2) is 0 Å². The van der Waals surface area contributed by atoms with Crippen LogP contribution >= 0.6 is 0 Å². The van der Waals surface area contributed by atoms with E-state index in [9.17, 15) is 8.42 Å². The Kier molecular flexibility index (Phi) is 3.64. The van der Waals surface area contributed by atoms with E-state index in [0.717, 1.165) is 11.3 Å². The number of hydrogen-bond acceptors (Lipinski definition) is 4. The lowest BCUT2D eigenvalue weighted by Crippen LogP contribution is -2.13. The largest absolute Gasteiger partial charge is 0.280 e. The van der Waals surface area contributed by atoms with Gasteiger partial charge in [0.05, 0.1) is 23.0 Å². The number of rotatable bonds is 4. The maximum absolute atomic E-state index is 12.3. The molecule has 0 aliphatic heterocycles. The van der Waals surface area contributed by atoms with Gasteiger partial charge < -0.3 is 0 Å². The number of sulfonamides is 1. The monoisotopic (exact) mass is 314 g/mol. The molecular formula is C15H14N4O2S. The van der Waals surface area contributed by atoms with Crippen LogP contribution in [0.15, 0.2) is 65.8 Å². The van der Waals surface area contributed by atoms with E-state index >= 15 is 0 Å².